The Morgan fingerprint density at radius 1 is 1.18 bits per heavy atom. The molecule has 2 fully saturated rings. The number of ether oxygens (including phenoxy) is 1. The van der Waals surface area contributed by atoms with Crippen LogP contribution in [-0.2, 0) is 13.2 Å². The highest BCUT2D eigenvalue weighted by atomic mass is 32.1. The molecule has 2 aromatic rings. The third kappa shape index (κ3) is 3.80. The second-order valence-electron chi connectivity index (χ2n) is 7.94. The van der Waals surface area contributed by atoms with Crippen molar-refractivity contribution in [1.82, 2.24) is 19.2 Å². The van der Waals surface area contributed by atoms with E-state index in [1.165, 1.54) is 38.5 Å². The van der Waals surface area contributed by atoms with E-state index in [1.807, 2.05) is 35.0 Å². The first-order valence-corrected chi connectivity index (χ1v) is 10.8. The first-order chi connectivity index (χ1) is 13.7. The zero-order valence-electron chi connectivity index (χ0n) is 16.7. The molecule has 0 N–H and O–H groups in total. The summed E-state index contributed by atoms with van der Waals surface area (Å²) in [5.74, 6) is 2.59. The highest BCUT2D eigenvalue weighted by Crippen LogP contribution is 2.35. The van der Waals surface area contributed by atoms with Gasteiger partial charge in [-0.3, -0.25) is 9.47 Å². The van der Waals surface area contributed by atoms with Gasteiger partial charge < -0.3 is 4.74 Å². The fourth-order valence-electron chi connectivity index (χ4n) is 4.86. The number of rotatable bonds is 6. The SMILES string of the molecule is C=CCn1c(-c2ccc(OC)cc2)nn(CN2CCC[C@@H]3CCCC[C@@H]32)c1=S. The molecule has 0 unspecified atom stereocenters. The Morgan fingerprint density at radius 3 is 2.68 bits per heavy atom. The first-order valence-electron chi connectivity index (χ1n) is 10.4. The van der Waals surface area contributed by atoms with Gasteiger partial charge >= 0.3 is 0 Å². The lowest BCUT2D eigenvalue weighted by molar-refractivity contribution is 0.0323. The van der Waals surface area contributed by atoms with Crippen molar-refractivity contribution in [3.05, 3.63) is 41.7 Å². The van der Waals surface area contributed by atoms with E-state index in [2.05, 4.69) is 16.0 Å². The predicted octanol–water partition coefficient (Wildman–Crippen LogP) is 4.89. The van der Waals surface area contributed by atoms with Crippen LogP contribution in [0.1, 0.15) is 38.5 Å². The van der Waals surface area contributed by atoms with Crippen molar-refractivity contribution >= 4 is 12.2 Å². The lowest BCUT2D eigenvalue weighted by atomic mass is 9.78. The molecule has 1 aliphatic carbocycles. The molecule has 0 amide bonds. The fourth-order valence-corrected chi connectivity index (χ4v) is 5.12. The molecule has 2 aliphatic rings. The van der Waals surface area contributed by atoms with E-state index in [0.717, 1.165) is 41.0 Å². The Balaban J connectivity index is 1.63. The Bertz CT molecular complexity index is 868. The van der Waals surface area contributed by atoms with E-state index >= 15 is 0 Å². The van der Waals surface area contributed by atoms with Gasteiger partial charge in [0.1, 0.15) is 5.75 Å². The Kier molecular flexibility index (Phi) is 5.97. The minimum absolute atomic E-state index is 0.659. The normalized spacial score (nSPS) is 22.6. The summed E-state index contributed by atoms with van der Waals surface area (Å²) in [6.45, 7) is 6.50. The van der Waals surface area contributed by atoms with Crippen LogP contribution in [0.4, 0.5) is 0 Å². The average molecular weight is 399 g/mol. The number of methoxy groups -OCH3 is 1. The van der Waals surface area contributed by atoms with Gasteiger partial charge in [0.2, 0.25) is 0 Å². The number of likely N-dealkylation sites (tertiary alicyclic amines) is 1. The van der Waals surface area contributed by atoms with Crippen LogP contribution < -0.4 is 4.74 Å². The molecule has 1 aliphatic heterocycles. The van der Waals surface area contributed by atoms with Gasteiger partial charge in [-0.05, 0) is 68.1 Å². The second-order valence-corrected chi connectivity index (χ2v) is 8.31. The van der Waals surface area contributed by atoms with Crippen molar-refractivity contribution in [2.75, 3.05) is 13.7 Å². The third-order valence-corrected chi connectivity index (χ3v) is 6.69. The smallest absolute Gasteiger partial charge is 0.199 e. The molecule has 0 radical (unpaired) electrons. The molecule has 1 saturated carbocycles. The second kappa shape index (κ2) is 8.62. The number of fused-ring (bicyclic) bond motifs is 1. The molecular weight excluding hydrogens is 368 g/mol. The summed E-state index contributed by atoms with van der Waals surface area (Å²) in [7, 11) is 1.68. The van der Waals surface area contributed by atoms with Crippen molar-refractivity contribution in [2.24, 2.45) is 5.92 Å². The summed E-state index contributed by atoms with van der Waals surface area (Å²) < 4.78 is 10.1. The van der Waals surface area contributed by atoms with Gasteiger partial charge in [0.15, 0.2) is 10.6 Å². The van der Waals surface area contributed by atoms with Crippen LogP contribution in [0.25, 0.3) is 11.4 Å². The van der Waals surface area contributed by atoms with Gasteiger partial charge in [0.25, 0.3) is 0 Å². The maximum Gasteiger partial charge on any atom is 0.199 e. The number of aromatic nitrogens is 3. The minimum atomic E-state index is 0.659. The van der Waals surface area contributed by atoms with Crippen LogP contribution in [0, 0.1) is 10.7 Å². The molecule has 0 bridgehead atoms. The van der Waals surface area contributed by atoms with Crippen LogP contribution >= 0.6 is 12.2 Å². The monoisotopic (exact) mass is 398 g/mol. The molecule has 0 spiro atoms. The number of benzene rings is 1. The fraction of sp³-hybridized carbons (Fsp3) is 0.545. The molecule has 150 valence electrons. The predicted molar refractivity (Wildman–Crippen MR) is 115 cm³/mol. The quantitative estimate of drug-likeness (QED) is 0.513. The summed E-state index contributed by atoms with van der Waals surface area (Å²) in [4.78, 5) is 2.62. The van der Waals surface area contributed by atoms with E-state index in [1.54, 1.807) is 7.11 Å². The van der Waals surface area contributed by atoms with Gasteiger partial charge in [0, 0.05) is 24.7 Å². The Morgan fingerprint density at radius 2 is 1.93 bits per heavy atom. The lowest BCUT2D eigenvalue weighted by Gasteiger charge is -2.43. The first kappa shape index (κ1) is 19.4. The number of piperidine rings is 1. The topological polar surface area (TPSA) is 35.2 Å². The molecule has 1 aromatic heterocycles. The van der Waals surface area contributed by atoms with Crippen molar-refractivity contribution in [3.8, 4) is 17.1 Å². The highest BCUT2D eigenvalue weighted by Gasteiger charge is 2.33. The standard InChI is InChI=1S/C22H30N4OS/c1-3-14-25-21(18-10-12-19(27-2)13-11-18)23-26(22(25)28)16-24-15-6-8-17-7-4-5-9-20(17)24/h3,10-13,17,20H,1,4-9,14-16H2,2H3/t17-,20-/m0/s1. The van der Waals surface area contributed by atoms with Gasteiger partial charge in [0.05, 0.1) is 13.8 Å². The number of allylic oxidation sites excluding steroid dienone is 1. The zero-order chi connectivity index (χ0) is 19.5. The van der Waals surface area contributed by atoms with Gasteiger partial charge in [-0.15, -0.1) is 6.58 Å². The van der Waals surface area contributed by atoms with E-state index in [0.29, 0.717) is 12.6 Å². The van der Waals surface area contributed by atoms with Gasteiger partial charge in [-0.1, -0.05) is 18.9 Å². The number of nitrogens with zero attached hydrogens (tertiary/aromatic N) is 4. The molecular formula is C22H30N4OS. The number of hydrogen-bond donors (Lipinski definition) is 0. The maximum absolute atomic E-state index is 5.81. The molecule has 6 heteroatoms. The molecule has 1 saturated heterocycles. The maximum atomic E-state index is 5.81. The van der Waals surface area contributed by atoms with Crippen LogP contribution in [0.3, 0.4) is 0 Å². The molecule has 4 rings (SSSR count). The van der Waals surface area contributed by atoms with Crippen molar-refractivity contribution in [2.45, 2.75) is 57.8 Å². The summed E-state index contributed by atoms with van der Waals surface area (Å²) >= 11 is 5.81. The van der Waals surface area contributed by atoms with Crippen LogP contribution in [0.15, 0.2) is 36.9 Å². The summed E-state index contributed by atoms with van der Waals surface area (Å²) in [6.07, 6.45) is 10.00. The molecule has 2 heterocycles. The zero-order valence-corrected chi connectivity index (χ0v) is 17.5. The minimum Gasteiger partial charge on any atom is -0.497 e. The molecule has 1 aromatic carbocycles. The molecule has 2 atom stereocenters. The van der Waals surface area contributed by atoms with Gasteiger partial charge in [-0.25, -0.2) is 4.68 Å². The summed E-state index contributed by atoms with van der Waals surface area (Å²) in [5, 5.41) is 4.93. The van der Waals surface area contributed by atoms with Crippen molar-refractivity contribution in [1.29, 1.82) is 0 Å². The summed E-state index contributed by atoms with van der Waals surface area (Å²) in [6, 6.07) is 8.70. The Hall–Kier alpha value is -1.92. The largest absolute Gasteiger partial charge is 0.497 e. The third-order valence-electron chi connectivity index (χ3n) is 6.26. The van der Waals surface area contributed by atoms with Crippen LogP contribution in [0.5, 0.6) is 5.75 Å². The average Bonchev–Trinajstić information content (AvgIpc) is 3.04. The van der Waals surface area contributed by atoms with Gasteiger partial charge in [-0.2, -0.15) is 5.10 Å². The Labute approximate surface area is 172 Å². The molecule has 28 heavy (non-hydrogen) atoms. The van der Waals surface area contributed by atoms with E-state index in [9.17, 15) is 0 Å². The number of hydrogen-bond acceptors (Lipinski definition) is 4. The van der Waals surface area contributed by atoms with E-state index in [4.69, 9.17) is 22.1 Å². The summed E-state index contributed by atoms with van der Waals surface area (Å²) in [5.41, 5.74) is 1.04. The van der Waals surface area contributed by atoms with Crippen LogP contribution in [0.2, 0.25) is 0 Å². The van der Waals surface area contributed by atoms with Crippen LogP contribution in [-0.4, -0.2) is 38.9 Å². The van der Waals surface area contributed by atoms with Crippen molar-refractivity contribution < 1.29 is 4.74 Å². The van der Waals surface area contributed by atoms with Crippen molar-refractivity contribution in [3.63, 3.8) is 0 Å². The van der Waals surface area contributed by atoms with E-state index in [-0.39, 0.29) is 0 Å². The lowest BCUT2D eigenvalue weighted by Crippen LogP contribution is -2.47. The van der Waals surface area contributed by atoms with E-state index < -0.39 is 0 Å². The highest BCUT2D eigenvalue weighted by molar-refractivity contribution is 7.71. The molecule has 5 nitrogen and oxygen atoms in total.